The third-order valence-electron chi connectivity index (χ3n) is 7.58. The Bertz CT molecular complexity index is 1480. The molecule has 0 radical (unpaired) electrons. The van der Waals surface area contributed by atoms with Crippen LogP contribution >= 0.6 is 0 Å². The van der Waals surface area contributed by atoms with Gasteiger partial charge in [0.2, 0.25) is 11.8 Å². The van der Waals surface area contributed by atoms with Crippen molar-refractivity contribution in [3.05, 3.63) is 95.2 Å². The maximum Gasteiger partial charge on any atom is 0.246 e. The summed E-state index contributed by atoms with van der Waals surface area (Å²) in [5, 5.41) is 1.10. The molecule has 7 heteroatoms. The highest BCUT2D eigenvalue weighted by atomic mass is 16.5. The lowest BCUT2D eigenvalue weighted by molar-refractivity contribution is -0.158. The monoisotopic (exact) mass is 495 g/mol. The minimum Gasteiger partial charge on any atom is -0.497 e. The number of benzene rings is 3. The summed E-state index contributed by atoms with van der Waals surface area (Å²) in [6.07, 6.45) is 1.16. The van der Waals surface area contributed by atoms with E-state index in [1.54, 1.807) is 24.0 Å². The average Bonchev–Trinajstić information content (AvgIpc) is 3.31. The SMILES string of the molecule is COc1ccc(CCN2CC(=O)N3C(c4cccc(OC)c4)c4[nH]c5ccccc5c4C[C@H]3C2=O)cc1. The van der Waals surface area contributed by atoms with Crippen LogP contribution in [0.4, 0.5) is 0 Å². The van der Waals surface area contributed by atoms with Crippen molar-refractivity contribution in [1.82, 2.24) is 14.8 Å². The van der Waals surface area contributed by atoms with Crippen molar-refractivity contribution in [2.24, 2.45) is 0 Å². The zero-order valence-electron chi connectivity index (χ0n) is 20.9. The first-order valence-electron chi connectivity index (χ1n) is 12.5. The molecule has 3 aromatic carbocycles. The predicted octanol–water partition coefficient (Wildman–Crippen LogP) is 4.11. The topological polar surface area (TPSA) is 74.9 Å². The minimum absolute atomic E-state index is 0.00283. The fourth-order valence-corrected chi connectivity index (χ4v) is 5.73. The fraction of sp³-hybridized carbons (Fsp3) is 0.267. The molecular formula is C30H29N3O4. The molecule has 37 heavy (non-hydrogen) atoms. The first kappa shape index (κ1) is 23.2. The number of nitrogens with one attached hydrogen (secondary N) is 1. The quantitative estimate of drug-likeness (QED) is 0.437. The zero-order chi connectivity index (χ0) is 25.5. The second-order valence-corrected chi connectivity index (χ2v) is 9.62. The summed E-state index contributed by atoms with van der Waals surface area (Å²) in [6.45, 7) is 0.563. The number of carbonyl (C=O) groups is 2. The molecule has 1 saturated heterocycles. The van der Waals surface area contributed by atoms with E-state index in [0.29, 0.717) is 25.1 Å². The molecule has 188 valence electrons. The number of methoxy groups -OCH3 is 2. The predicted molar refractivity (Wildman–Crippen MR) is 141 cm³/mol. The summed E-state index contributed by atoms with van der Waals surface area (Å²) in [4.78, 5) is 34.7. The smallest absolute Gasteiger partial charge is 0.246 e. The van der Waals surface area contributed by atoms with E-state index in [4.69, 9.17) is 9.47 Å². The normalized spacial score (nSPS) is 19.1. The highest BCUT2D eigenvalue weighted by molar-refractivity contribution is 5.97. The third-order valence-corrected chi connectivity index (χ3v) is 7.58. The molecule has 0 bridgehead atoms. The van der Waals surface area contributed by atoms with E-state index in [-0.39, 0.29) is 18.4 Å². The van der Waals surface area contributed by atoms with Gasteiger partial charge in [-0.05, 0) is 53.4 Å². The van der Waals surface area contributed by atoms with Gasteiger partial charge in [-0.2, -0.15) is 0 Å². The van der Waals surface area contributed by atoms with Crippen LogP contribution in [0, 0.1) is 0 Å². The Balaban J connectivity index is 1.36. The summed E-state index contributed by atoms with van der Waals surface area (Å²) in [5.74, 6) is 1.46. The van der Waals surface area contributed by atoms with Crippen molar-refractivity contribution in [3.63, 3.8) is 0 Å². The molecule has 0 saturated carbocycles. The van der Waals surface area contributed by atoms with Crippen molar-refractivity contribution in [1.29, 1.82) is 0 Å². The number of nitrogens with zero attached hydrogens (tertiary/aromatic N) is 2. The molecule has 4 aromatic rings. The van der Waals surface area contributed by atoms with E-state index in [2.05, 4.69) is 11.1 Å². The van der Waals surface area contributed by atoms with Gasteiger partial charge >= 0.3 is 0 Å². The van der Waals surface area contributed by atoms with Gasteiger partial charge in [0.05, 0.1) is 26.8 Å². The van der Waals surface area contributed by atoms with Crippen molar-refractivity contribution >= 4 is 22.7 Å². The highest BCUT2D eigenvalue weighted by Gasteiger charge is 2.48. The first-order valence-corrected chi connectivity index (χ1v) is 12.5. The molecule has 1 fully saturated rings. The van der Waals surface area contributed by atoms with Crippen molar-refractivity contribution in [2.75, 3.05) is 27.3 Å². The number of fused-ring (bicyclic) bond motifs is 4. The minimum atomic E-state index is -0.556. The molecule has 1 N–H and O–H groups in total. The largest absolute Gasteiger partial charge is 0.497 e. The molecule has 6 rings (SSSR count). The molecule has 0 spiro atoms. The van der Waals surface area contributed by atoms with Crippen LogP contribution in [0.25, 0.3) is 10.9 Å². The van der Waals surface area contributed by atoms with Gasteiger partial charge in [-0.25, -0.2) is 0 Å². The van der Waals surface area contributed by atoms with Crippen molar-refractivity contribution in [2.45, 2.75) is 24.9 Å². The summed E-state index contributed by atoms with van der Waals surface area (Å²) in [5.41, 5.74) is 5.10. The number of aromatic amines is 1. The van der Waals surface area contributed by atoms with Gasteiger partial charge in [-0.15, -0.1) is 0 Å². The molecule has 7 nitrogen and oxygen atoms in total. The molecule has 3 heterocycles. The van der Waals surface area contributed by atoms with Crippen LogP contribution in [-0.2, 0) is 22.4 Å². The molecule has 2 aliphatic heterocycles. The average molecular weight is 496 g/mol. The number of H-pyrrole nitrogens is 1. The first-order chi connectivity index (χ1) is 18.1. The number of piperazine rings is 1. The van der Waals surface area contributed by atoms with Crippen LogP contribution in [-0.4, -0.2) is 59.9 Å². The Hall–Kier alpha value is -4.26. The second kappa shape index (κ2) is 9.32. The van der Waals surface area contributed by atoms with Crippen LogP contribution in [0.15, 0.2) is 72.8 Å². The van der Waals surface area contributed by atoms with Gasteiger partial charge in [0.15, 0.2) is 0 Å². The van der Waals surface area contributed by atoms with Crippen molar-refractivity contribution < 1.29 is 19.1 Å². The van der Waals surface area contributed by atoms with Gasteiger partial charge in [0.25, 0.3) is 0 Å². The van der Waals surface area contributed by atoms with E-state index in [1.165, 1.54) is 0 Å². The summed E-state index contributed by atoms with van der Waals surface area (Å²) in [6, 6.07) is 22.8. The number of hydrogen-bond donors (Lipinski definition) is 1. The highest BCUT2D eigenvalue weighted by Crippen LogP contribution is 2.43. The zero-order valence-corrected chi connectivity index (χ0v) is 20.9. The van der Waals surface area contributed by atoms with E-state index < -0.39 is 12.1 Å². The van der Waals surface area contributed by atoms with Gasteiger partial charge in [-0.1, -0.05) is 42.5 Å². The molecule has 1 aromatic heterocycles. The lowest BCUT2D eigenvalue weighted by Crippen LogP contribution is -2.63. The van der Waals surface area contributed by atoms with Crippen LogP contribution in [0.3, 0.4) is 0 Å². The number of ether oxygens (including phenoxy) is 2. The van der Waals surface area contributed by atoms with Gasteiger partial charge in [-0.3, -0.25) is 9.59 Å². The Morgan fingerprint density at radius 1 is 0.919 bits per heavy atom. The fourth-order valence-electron chi connectivity index (χ4n) is 5.73. The van der Waals surface area contributed by atoms with E-state index >= 15 is 0 Å². The van der Waals surface area contributed by atoms with Gasteiger partial charge in [0, 0.05) is 29.6 Å². The van der Waals surface area contributed by atoms with Crippen LogP contribution in [0.5, 0.6) is 11.5 Å². The summed E-state index contributed by atoms with van der Waals surface area (Å²) in [7, 11) is 3.27. The van der Waals surface area contributed by atoms with Crippen LogP contribution < -0.4 is 9.47 Å². The number of para-hydroxylation sites is 1. The van der Waals surface area contributed by atoms with E-state index in [1.807, 2.05) is 66.7 Å². The van der Waals surface area contributed by atoms with Crippen molar-refractivity contribution in [3.8, 4) is 11.5 Å². The van der Waals surface area contributed by atoms with Gasteiger partial charge in [0.1, 0.15) is 17.5 Å². The summed E-state index contributed by atoms with van der Waals surface area (Å²) < 4.78 is 10.7. The third kappa shape index (κ3) is 4.00. The second-order valence-electron chi connectivity index (χ2n) is 9.62. The number of hydrogen-bond acceptors (Lipinski definition) is 4. The molecule has 0 aliphatic carbocycles. The Labute approximate surface area is 215 Å². The Morgan fingerprint density at radius 2 is 1.70 bits per heavy atom. The molecule has 2 atom stereocenters. The lowest BCUT2D eigenvalue weighted by atomic mass is 9.86. The maximum atomic E-state index is 13.9. The number of aromatic nitrogens is 1. The van der Waals surface area contributed by atoms with Crippen LogP contribution in [0.2, 0.25) is 0 Å². The van der Waals surface area contributed by atoms with E-state index in [9.17, 15) is 9.59 Å². The number of carbonyl (C=O) groups excluding carboxylic acids is 2. The molecular weight excluding hydrogens is 466 g/mol. The molecule has 1 unspecified atom stereocenters. The Morgan fingerprint density at radius 3 is 2.49 bits per heavy atom. The standard InChI is InChI=1S/C30H29N3O4/c1-36-21-12-10-19(11-13-21)14-15-32-18-27(34)33-26(30(32)35)17-24-23-8-3-4-9-25(23)31-28(24)29(33)20-6-5-7-22(16-20)37-2/h3-13,16,26,29,31H,14-15,17-18H2,1-2H3/t26-,29?/m0/s1. The van der Waals surface area contributed by atoms with E-state index in [0.717, 1.165) is 39.0 Å². The van der Waals surface area contributed by atoms with Crippen LogP contribution in [0.1, 0.15) is 28.4 Å². The maximum absolute atomic E-state index is 13.9. The number of rotatable bonds is 6. The number of amides is 2. The van der Waals surface area contributed by atoms with Gasteiger partial charge < -0.3 is 24.3 Å². The molecule has 2 amide bonds. The lowest BCUT2D eigenvalue weighted by Gasteiger charge is -2.47. The Kier molecular flexibility index (Phi) is 5.83. The molecule has 2 aliphatic rings. The summed E-state index contributed by atoms with van der Waals surface area (Å²) >= 11 is 0.